The number of pyridine rings is 1. The van der Waals surface area contributed by atoms with Crippen LogP contribution in [0.15, 0.2) is 48.7 Å². The SMILES string of the molecule is O=C(Nc1ccccn1)C(SC1CCCC1)c1cccc(Cl)c1. The van der Waals surface area contributed by atoms with E-state index in [-0.39, 0.29) is 11.2 Å². The number of nitrogens with zero attached hydrogens (tertiary/aromatic N) is 1. The molecular formula is C18H19ClN2OS. The molecule has 3 nitrogen and oxygen atoms in total. The molecule has 1 heterocycles. The number of benzene rings is 1. The second-order valence-electron chi connectivity index (χ2n) is 5.68. The van der Waals surface area contributed by atoms with Gasteiger partial charge in [0.15, 0.2) is 0 Å². The molecule has 1 aliphatic rings. The van der Waals surface area contributed by atoms with E-state index in [4.69, 9.17) is 11.6 Å². The van der Waals surface area contributed by atoms with Crippen LogP contribution in [0.1, 0.15) is 36.5 Å². The van der Waals surface area contributed by atoms with Crippen LogP contribution in [0.4, 0.5) is 5.82 Å². The fourth-order valence-corrected chi connectivity index (χ4v) is 4.48. The summed E-state index contributed by atoms with van der Waals surface area (Å²) >= 11 is 7.86. The first kappa shape index (κ1) is 16.3. The number of hydrogen-bond donors (Lipinski definition) is 1. The van der Waals surface area contributed by atoms with Crippen LogP contribution in [-0.2, 0) is 4.79 Å². The molecule has 1 aromatic heterocycles. The summed E-state index contributed by atoms with van der Waals surface area (Å²) in [5.74, 6) is 0.541. The normalized spacial score (nSPS) is 16.2. The monoisotopic (exact) mass is 346 g/mol. The second kappa shape index (κ2) is 7.84. The molecule has 0 radical (unpaired) electrons. The molecule has 0 spiro atoms. The van der Waals surface area contributed by atoms with E-state index < -0.39 is 0 Å². The number of carbonyl (C=O) groups is 1. The molecule has 1 amide bonds. The zero-order valence-corrected chi connectivity index (χ0v) is 14.3. The first-order valence-corrected chi connectivity index (χ1v) is 9.17. The van der Waals surface area contributed by atoms with E-state index in [0.29, 0.717) is 16.1 Å². The van der Waals surface area contributed by atoms with Gasteiger partial charge in [-0.15, -0.1) is 11.8 Å². The lowest BCUT2D eigenvalue weighted by Crippen LogP contribution is -2.21. The van der Waals surface area contributed by atoms with E-state index in [9.17, 15) is 4.79 Å². The van der Waals surface area contributed by atoms with Crippen LogP contribution < -0.4 is 5.32 Å². The number of hydrogen-bond acceptors (Lipinski definition) is 3. The summed E-state index contributed by atoms with van der Waals surface area (Å²) in [5.41, 5.74) is 0.947. The Hall–Kier alpha value is -1.52. The van der Waals surface area contributed by atoms with Crippen LogP contribution in [0.2, 0.25) is 5.02 Å². The van der Waals surface area contributed by atoms with Gasteiger partial charge in [-0.3, -0.25) is 4.79 Å². The summed E-state index contributed by atoms with van der Waals surface area (Å²) < 4.78 is 0. The summed E-state index contributed by atoms with van der Waals surface area (Å²) in [6, 6.07) is 13.1. The summed E-state index contributed by atoms with van der Waals surface area (Å²) in [4.78, 5) is 17.0. The van der Waals surface area contributed by atoms with Crippen molar-refractivity contribution in [2.75, 3.05) is 5.32 Å². The van der Waals surface area contributed by atoms with Crippen molar-refractivity contribution in [3.8, 4) is 0 Å². The lowest BCUT2D eigenvalue weighted by Gasteiger charge is -2.20. The Labute approximate surface area is 145 Å². The van der Waals surface area contributed by atoms with E-state index in [1.807, 2.05) is 36.4 Å². The molecule has 2 aromatic rings. The number of amides is 1. The zero-order chi connectivity index (χ0) is 16.1. The molecule has 1 atom stereocenters. The smallest absolute Gasteiger partial charge is 0.243 e. The van der Waals surface area contributed by atoms with Crippen molar-refractivity contribution in [1.29, 1.82) is 0 Å². The number of aromatic nitrogens is 1. The summed E-state index contributed by atoms with van der Waals surface area (Å²) in [6.07, 6.45) is 6.54. The van der Waals surface area contributed by atoms with Gasteiger partial charge in [0.25, 0.3) is 0 Å². The molecule has 120 valence electrons. The predicted molar refractivity (Wildman–Crippen MR) is 96.9 cm³/mol. The van der Waals surface area contributed by atoms with Gasteiger partial charge in [-0.25, -0.2) is 4.98 Å². The lowest BCUT2D eigenvalue weighted by molar-refractivity contribution is -0.115. The van der Waals surface area contributed by atoms with Gasteiger partial charge in [0.2, 0.25) is 5.91 Å². The topological polar surface area (TPSA) is 42.0 Å². The molecule has 1 aromatic carbocycles. The molecule has 1 unspecified atom stereocenters. The second-order valence-corrected chi connectivity index (χ2v) is 7.53. The van der Waals surface area contributed by atoms with Crippen LogP contribution in [-0.4, -0.2) is 16.1 Å². The maximum absolute atomic E-state index is 12.8. The number of rotatable bonds is 5. The molecule has 1 aliphatic carbocycles. The Morgan fingerprint density at radius 1 is 1.22 bits per heavy atom. The highest BCUT2D eigenvalue weighted by Gasteiger charge is 2.27. The van der Waals surface area contributed by atoms with E-state index in [2.05, 4.69) is 10.3 Å². The summed E-state index contributed by atoms with van der Waals surface area (Å²) in [6.45, 7) is 0. The van der Waals surface area contributed by atoms with E-state index in [0.717, 1.165) is 5.56 Å². The fourth-order valence-electron chi connectivity index (χ4n) is 2.81. The maximum atomic E-state index is 12.8. The standard InChI is InChI=1S/C18H19ClN2OS/c19-14-7-5-6-13(12-14)17(23-15-8-1-2-9-15)18(22)21-16-10-3-4-11-20-16/h3-7,10-12,15,17H,1-2,8-9H2,(H,20,21,22). The molecule has 23 heavy (non-hydrogen) atoms. The minimum absolute atomic E-state index is 0.0390. The molecule has 1 saturated carbocycles. The Kier molecular flexibility index (Phi) is 5.57. The van der Waals surface area contributed by atoms with Gasteiger partial charge in [-0.1, -0.05) is 42.6 Å². The highest BCUT2D eigenvalue weighted by atomic mass is 35.5. The molecule has 0 saturated heterocycles. The lowest BCUT2D eigenvalue weighted by atomic mass is 10.1. The molecule has 5 heteroatoms. The molecule has 1 fully saturated rings. The molecule has 0 bridgehead atoms. The van der Waals surface area contributed by atoms with Crippen molar-refractivity contribution in [2.45, 2.75) is 36.2 Å². The molecule has 1 N–H and O–H groups in total. The van der Waals surface area contributed by atoms with Gasteiger partial charge in [0.1, 0.15) is 11.1 Å². The van der Waals surface area contributed by atoms with Gasteiger partial charge in [-0.05, 0) is 42.7 Å². The first-order valence-electron chi connectivity index (χ1n) is 7.85. The minimum atomic E-state index is -0.265. The summed E-state index contributed by atoms with van der Waals surface area (Å²) in [7, 11) is 0. The Morgan fingerprint density at radius 3 is 2.74 bits per heavy atom. The Balaban J connectivity index is 1.80. The highest BCUT2D eigenvalue weighted by molar-refractivity contribution is 8.00. The predicted octanol–water partition coefficient (Wildman–Crippen LogP) is 5.09. The first-order chi connectivity index (χ1) is 11.2. The van der Waals surface area contributed by atoms with Crippen molar-refractivity contribution in [3.63, 3.8) is 0 Å². The Bertz CT molecular complexity index is 659. The van der Waals surface area contributed by atoms with Crippen LogP contribution in [0.3, 0.4) is 0 Å². The van der Waals surface area contributed by atoms with E-state index in [1.54, 1.807) is 24.0 Å². The number of thioether (sulfide) groups is 1. The van der Waals surface area contributed by atoms with Crippen molar-refractivity contribution in [2.24, 2.45) is 0 Å². The third-order valence-corrected chi connectivity index (χ3v) is 5.79. The van der Waals surface area contributed by atoms with Crippen LogP contribution >= 0.6 is 23.4 Å². The van der Waals surface area contributed by atoms with Gasteiger partial charge in [0.05, 0.1) is 0 Å². The van der Waals surface area contributed by atoms with Gasteiger partial charge >= 0.3 is 0 Å². The van der Waals surface area contributed by atoms with Crippen molar-refractivity contribution < 1.29 is 4.79 Å². The largest absolute Gasteiger partial charge is 0.309 e. The molecular weight excluding hydrogens is 328 g/mol. The number of nitrogens with one attached hydrogen (secondary N) is 1. The third kappa shape index (κ3) is 4.49. The van der Waals surface area contributed by atoms with Crippen LogP contribution in [0.25, 0.3) is 0 Å². The average Bonchev–Trinajstić information content (AvgIpc) is 3.06. The zero-order valence-electron chi connectivity index (χ0n) is 12.7. The molecule has 3 rings (SSSR count). The fraction of sp³-hybridized carbons (Fsp3) is 0.333. The quantitative estimate of drug-likeness (QED) is 0.819. The summed E-state index contributed by atoms with van der Waals surface area (Å²) in [5, 5.41) is 3.85. The van der Waals surface area contributed by atoms with Crippen molar-refractivity contribution in [3.05, 3.63) is 59.2 Å². The average molecular weight is 347 g/mol. The van der Waals surface area contributed by atoms with E-state index in [1.165, 1.54) is 25.7 Å². The third-order valence-electron chi connectivity index (χ3n) is 3.94. The maximum Gasteiger partial charge on any atom is 0.243 e. The Morgan fingerprint density at radius 2 is 2.04 bits per heavy atom. The van der Waals surface area contributed by atoms with Gasteiger partial charge in [0, 0.05) is 16.5 Å². The van der Waals surface area contributed by atoms with Crippen molar-refractivity contribution >= 4 is 35.1 Å². The van der Waals surface area contributed by atoms with Gasteiger partial charge in [-0.2, -0.15) is 0 Å². The minimum Gasteiger partial charge on any atom is -0.309 e. The highest BCUT2D eigenvalue weighted by Crippen LogP contribution is 2.40. The van der Waals surface area contributed by atoms with Crippen molar-refractivity contribution in [1.82, 2.24) is 4.98 Å². The number of halogens is 1. The van der Waals surface area contributed by atoms with Gasteiger partial charge < -0.3 is 5.32 Å². The van der Waals surface area contributed by atoms with Crippen LogP contribution in [0, 0.1) is 0 Å². The number of carbonyl (C=O) groups excluding carboxylic acids is 1. The van der Waals surface area contributed by atoms with E-state index >= 15 is 0 Å². The molecule has 0 aliphatic heterocycles. The van der Waals surface area contributed by atoms with Crippen LogP contribution in [0.5, 0.6) is 0 Å². The number of anilines is 1.